The molecule has 2 aliphatic rings. The largest absolute Gasteiger partial charge is 0.309 e. The van der Waals surface area contributed by atoms with E-state index in [0.29, 0.717) is 0 Å². The minimum absolute atomic E-state index is 0.104. The van der Waals surface area contributed by atoms with Gasteiger partial charge in [0.2, 0.25) is 0 Å². The van der Waals surface area contributed by atoms with Crippen LogP contribution in [0.4, 0.5) is 0 Å². The first-order valence-electron chi connectivity index (χ1n) is 3.71. The van der Waals surface area contributed by atoms with Crippen molar-refractivity contribution in [3.63, 3.8) is 0 Å². The first-order valence-corrected chi connectivity index (χ1v) is 3.71. The molecule has 2 heterocycles. The van der Waals surface area contributed by atoms with Crippen LogP contribution in [0.25, 0.3) is 0 Å². The molecule has 0 unspecified atom stereocenters. The average Bonchev–Trinajstić information content (AvgIpc) is 2.06. The molecule has 0 aliphatic carbocycles. The fourth-order valence-corrected chi connectivity index (χ4v) is 1.33. The van der Waals surface area contributed by atoms with Gasteiger partial charge in [-0.25, -0.2) is 0 Å². The van der Waals surface area contributed by atoms with Gasteiger partial charge in [0.25, 0.3) is 5.91 Å². The highest BCUT2D eigenvalue weighted by molar-refractivity contribution is 5.90. The third-order valence-electron chi connectivity index (χ3n) is 1.91. The van der Waals surface area contributed by atoms with Crippen LogP contribution in [0.3, 0.4) is 0 Å². The molecule has 0 spiro atoms. The second-order valence-electron chi connectivity index (χ2n) is 2.64. The first kappa shape index (κ1) is 6.40. The summed E-state index contributed by atoms with van der Waals surface area (Å²) in [5.74, 6) is 0.104. The molecular formula is C9H9NO. The molecule has 0 saturated heterocycles. The van der Waals surface area contributed by atoms with Crippen LogP contribution in [0.2, 0.25) is 0 Å². The van der Waals surface area contributed by atoms with E-state index < -0.39 is 0 Å². The molecule has 0 radical (unpaired) electrons. The lowest BCUT2D eigenvalue weighted by atomic mass is 10.1. The van der Waals surface area contributed by atoms with E-state index in [1.54, 1.807) is 11.0 Å². The Morgan fingerprint density at radius 3 is 3.09 bits per heavy atom. The molecule has 1 amide bonds. The van der Waals surface area contributed by atoms with Crippen LogP contribution >= 0.6 is 0 Å². The fraction of sp³-hybridized carbons (Fsp3) is 0.222. The molecule has 0 aromatic carbocycles. The lowest BCUT2D eigenvalue weighted by molar-refractivity contribution is -0.124. The van der Waals surface area contributed by atoms with E-state index in [2.05, 4.69) is 0 Å². The van der Waals surface area contributed by atoms with Gasteiger partial charge in [-0.05, 0) is 12.2 Å². The van der Waals surface area contributed by atoms with Crippen molar-refractivity contribution in [3.8, 4) is 0 Å². The van der Waals surface area contributed by atoms with Crippen molar-refractivity contribution in [3.05, 3.63) is 36.1 Å². The number of rotatable bonds is 0. The molecule has 56 valence electrons. The van der Waals surface area contributed by atoms with E-state index in [1.165, 1.54) is 0 Å². The molecule has 0 aromatic rings. The number of hydrogen-bond donors (Lipinski definition) is 0. The number of carbonyl (C=O) groups is 1. The number of hydrogen-bond acceptors (Lipinski definition) is 1. The lowest BCUT2D eigenvalue weighted by Gasteiger charge is -2.26. The number of amides is 1. The van der Waals surface area contributed by atoms with Gasteiger partial charge in [-0.1, -0.05) is 18.2 Å². The van der Waals surface area contributed by atoms with Crippen LogP contribution in [0.1, 0.15) is 6.42 Å². The van der Waals surface area contributed by atoms with Gasteiger partial charge in [0.05, 0.1) is 0 Å². The highest BCUT2D eigenvalue weighted by Gasteiger charge is 2.18. The third-order valence-corrected chi connectivity index (χ3v) is 1.91. The Morgan fingerprint density at radius 1 is 1.36 bits per heavy atom. The summed E-state index contributed by atoms with van der Waals surface area (Å²) in [5, 5.41) is 0. The monoisotopic (exact) mass is 147 g/mol. The van der Waals surface area contributed by atoms with Gasteiger partial charge >= 0.3 is 0 Å². The van der Waals surface area contributed by atoms with Crippen molar-refractivity contribution in [1.82, 2.24) is 4.90 Å². The zero-order valence-corrected chi connectivity index (χ0v) is 6.16. The average molecular weight is 147 g/mol. The minimum Gasteiger partial charge on any atom is -0.309 e. The summed E-state index contributed by atoms with van der Waals surface area (Å²) in [6.07, 6.45) is 10.4. The Balaban J connectivity index is 2.34. The zero-order valence-electron chi connectivity index (χ0n) is 6.16. The van der Waals surface area contributed by atoms with Gasteiger partial charge in [-0.2, -0.15) is 0 Å². The van der Waals surface area contributed by atoms with Crippen LogP contribution in [0.5, 0.6) is 0 Å². The molecule has 0 saturated carbocycles. The Bertz CT molecular complexity index is 273. The van der Waals surface area contributed by atoms with Gasteiger partial charge in [0.15, 0.2) is 0 Å². The fourth-order valence-electron chi connectivity index (χ4n) is 1.33. The Kier molecular flexibility index (Phi) is 1.39. The van der Waals surface area contributed by atoms with Gasteiger partial charge in [0, 0.05) is 18.7 Å². The summed E-state index contributed by atoms with van der Waals surface area (Å²) in [4.78, 5) is 13.0. The smallest absolute Gasteiger partial charge is 0.250 e. The first-order chi connectivity index (χ1) is 5.38. The second-order valence-corrected chi connectivity index (χ2v) is 2.64. The Morgan fingerprint density at radius 2 is 2.27 bits per heavy atom. The summed E-state index contributed by atoms with van der Waals surface area (Å²) in [5.41, 5.74) is 1.11. The van der Waals surface area contributed by atoms with E-state index in [9.17, 15) is 4.79 Å². The summed E-state index contributed by atoms with van der Waals surface area (Å²) in [6.45, 7) is 0.731. The van der Waals surface area contributed by atoms with E-state index in [4.69, 9.17) is 0 Å². The highest BCUT2D eigenvalue weighted by Crippen LogP contribution is 2.18. The molecule has 2 rings (SSSR count). The number of allylic oxidation sites excluding steroid dienone is 3. The van der Waals surface area contributed by atoms with Gasteiger partial charge in [-0.3, -0.25) is 4.79 Å². The maximum absolute atomic E-state index is 11.2. The van der Waals surface area contributed by atoms with Crippen molar-refractivity contribution in [1.29, 1.82) is 0 Å². The minimum atomic E-state index is 0.104. The van der Waals surface area contributed by atoms with Crippen molar-refractivity contribution >= 4 is 5.91 Å². The third kappa shape index (κ3) is 1.00. The Hall–Kier alpha value is -1.31. The van der Waals surface area contributed by atoms with Crippen molar-refractivity contribution in [2.24, 2.45) is 0 Å². The molecule has 11 heavy (non-hydrogen) atoms. The summed E-state index contributed by atoms with van der Waals surface area (Å²) < 4.78 is 0. The summed E-state index contributed by atoms with van der Waals surface area (Å²) >= 11 is 0. The molecule has 2 nitrogen and oxygen atoms in total. The van der Waals surface area contributed by atoms with Crippen LogP contribution in [-0.2, 0) is 4.79 Å². The maximum atomic E-state index is 11.2. The molecule has 2 aliphatic heterocycles. The van der Waals surface area contributed by atoms with Crippen molar-refractivity contribution < 1.29 is 4.79 Å². The van der Waals surface area contributed by atoms with Crippen molar-refractivity contribution in [2.45, 2.75) is 6.42 Å². The normalized spacial score (nSPS) is 21.6. The maximum Gasteiger partial charge on any atom is 0.250 e. The van der Waals surface area contributed by atoms with E-state index >= 15 is 0 Å². The van der Waals surface area contributed by atoms with Crippen LogP contribution in [-0.4, -0.2) is 17.4 Å². The molecule has 0 fully saturated rings. The van der Waals surface area contributed by atoms with E-state index in [0.717, 1.165) is 18.7 Å². The molecule has 2 heteroatoms. The van der Waals surface area contributed by atoms with E-state index in [1.807, 2.05) is 24.3 Å². The van der Waals surface area contributed by atoms with Crippen molar-refractivity contribution in [2.75, 3.05) is 6.54 Å². The SMILES string of the molecule is O=C1C=CCC2=CC=CCN12. The lowest BCUT2D eigenvalue weighted by Crippen LogP contribution is -2.32. The molecule has 0 aromatic heterocycles. The predicted molar refractivity (Wildman–Crippen MR) is 42.7 cm³/mol. The van der Waals surface area contributed by atoms with Gasteiger partial charge in [-0.15, -0.1) is 0 Å². The summed E-state index contributed by atoms with van der Waals surface area (Å²) in [6, 6.07) is 0. The van der Waals surface area contributed by atoms with Gasteiger partial charge < -0.3 is 4.90 Å². The predicted octanol–water partition coefficient (Wildman–Crippen LogP) is 1.23. The zero-order chi connectivity index (χ0) is 7.68. The van der Waals surface area contributed by atoms with Crippen LogP contribution in [0.15, 0.2) is 36.1 Å². The van der Waals surface area contributed by atoms with Crippen LogP contribution in [0, 0.1) is 0 Å². The molecule has 0 atom stereocenters. The molecular weight excluding hydrogens is 138 g/mol. The molecule has 0 bridgehead atoms. The van der Waals surface area contributed by atoms with Gasteiger partial charge in [0.1, 0.15) is 0 Å². The number of carbonyl (C=O) groups excluding carboxylic acids is 1. The highest BCUT2D eigenvalue weighted by atomic mass is 16.2. The second kappa shape index (κ2) is 2.38. The Labute approximate surface area is 65.5 Å². The topological polar surface area (TPSA) is 20.3 Å². The van der Waals surface area contributed by atoms with E-state index in [-0.39, 0.29) is 5.91 Å². The number of nitrogens with zero attached hydrogens (tertiary/aromatic N) is 1. The number of fused-ring (bicyclic) bond motifs is 1. The van der Waals surface area contributed by atoms with Crippen LogP contribution < -0.4 is 0 Å². The summed E-state index contributed by atoms with van der Waals surface area (Å²) in [7, 11) is 0. The molecule has 0 N–H and O–H groups in total. The quantitative estimate of drug-likeness (QED) is 0.504. The standard InChI is InChI=1S/C9H9NO/c11-9-6-3-5-8-4-1-2-7-10(8)9/h1-4,6H,5,7H2.